The molecule has 1 aromatic heterocycles. The molecule has 4 rings (SSSR count). The van der Waals surface area contributed by atoms with Crippen LogP contribution in [0.2, 0.25) is 0 Å². The van der Waals surface area contributed by atoms with Gasteiger partial charge in [-0.25, -0.2) is 0 Å². The molecule has 0 spiro atoms. The second-order valence-electron chi connectivity index (χ2n) is 6.27. The standard InChI is InChI=1S/C19H20N2OS/c1-13-8-19(23-12-13)17-10-14-2-3-16(9-15(14)11-18(17)22)21-6-4-20-5-7-21/h2-3,8-10,12,20H,4-7,11H2,1H3. The Morgan fingerprint density at radius 3 is 2.74 bits per heavy atom. The average Bonchev–Trinajstić information content (AvgIpc) is 3.01. The average molecular weight is 324 g/mol. The van der Waals surface area contributed by atoms with E-state index in [1.165, 1.54) is 16.8 Å². The summed E-state index contributed by atoms with van der Waals surface area (Å²) in [5.41, 5.74) is 5.67. The predicted octanol–water partition coefficient (Wildman–Crippen LogP) is 3.13. The number of hydrogen-bond donors (Lipinski definition) is 1. The minimum Gasteiger partial charge on any atom is -0.369 e. The van der Waals surface area contributed by atoms with Crippen molar-refractivity contribution >= 4 is 34.5 Å². The first kappa shape index (κ1) is 14.7. The highest BCUT2D eigenvalue weighted by Crippen LogP contribution is 2.33. The Morgan fingerprint density at radius 1 is 1.17 bits per heavy atom. The lowest BCUT2D eigenvalue weighted by atomic mass is 9.90. The van der Waals surface area contributed by atoms with Crippen molar-refractivity contribution in [1.29, 1.82) is 0 Å². The number of ketones is 1. The van der Waals surface area contributed by atoms with Gasteiger partial charge in [0.1, 0.15) is 0 Å². The summed E-state index contributed by atoms with van der Waals surface area (Å²) in [7, 11) is 0. The van der Waals surface area contributed by atoms with Crippen LogP contribution in [-0.4, -0.2) is 32.0 Å². The van der Waals surface area contributed by atoms with Gasteiger partial charge in [0.25, 0.3) is 0 Å². The summed E-state index contributed by atoms with van der Waals surface area (Å²) in [4.78, 5) is 16.0. The molecule has 1 N–H and O–H groups in total. The van der Waals surface area contributed by atoms with E-state index in [1.54, 1.807) is 11.3 Å². The molecule has 4 heteroatoms. The van der Waals surface area contributed by atoms with Crippen molar-refractivity contribution in [1.82, 2.24) is 5.32 Å². The van der Waals surface area contributed by atoms with Crippen LogP contribution in [0.15, 0.2) is 29.6 Å². The van der Waals surface area contributed by atoms with Crippen LogP contribution in [0.3, 0.4) is 0 Å². The SMILES string of the molecule is Cc1csc(C2=Cc3ccc(N4CCNCC4)cc3CC2=O)c1. The molecular formula is C19H20N2OS. The maximum absolute atomic E-state index is 12.6. The number of allylic oxidation sites excluding steroid dienone is 1. The van der Waals surface area contributed by atoms with E-state index in [-0.39, 0.29) is 5.78 Å². The van der Waals surface area contributed by atoms with E-state index in [0.29, 0.717) is 6.42 Å². The molecule has 1 saturated heterocycles. The van der Waals surface area contributed by atoms with E-state index in [0.717, 1.165) is 42.2 Å². The fourth-order valence-electron chi connectivity index (χ4n) is 3.29. The minimum atomic E-state index is 0.233. The Labute approximate surface area is 140 Å². The predicted molar refractivity (Wildman–Crippen MR) is 97.2 cm³/mol. The molecule has 0 amide bonds. The van der Waals surface area contributed by atoms with Crippen molar-refractivity contribution in [3.05, 3.63) is 51.2 Å². The zero-order valence-corrected chi connectivity index (χ0v) is 14.1. The highest BCUT2D eigenvalue weighted by Gasteiger charge is 2.22. The normalized spacial score (nSPS) is 17.9. The molecule has 1 aromatic carbocycles. The largest absolute Gasteiger partial charge is 0.369 e. The number of piperazine rings is 1. The zero-order valence-electron chi connectivity index (χ0n) is 13.3. The Kier molecular flexibility index (Phi) is 3.79. The van der Waals surface area contributed by atoms with E-state index in [1.807, 2.05) is 0 Å². The van der Waals surface area contributed by atoms with Crippen molar-refractivity contribution < 1.29 is 4.79 Å². The van der Waals surface area contributed by atoms with Gasteiger partial charge in [-0.05, 0) is 53.3 Å². The number of Topliss-reactive ketones (excluding diaryl/α,β-unsaturated/α-hetero) is 1. The third-order valence-electron chi connectivity index (χ3n) is 4.56. The number of fused-ring (bicyclic) bond motifs is 1. The van der Waals surface area contributed by atoms with Crippen molar-refractivity contribution in [3.63, 3.8) is 0 Å². The van der Waals surface area contributed by atoms with Crippen molar-refractivity contribution in [2.24, 2.45) is 0 Å². The number of benzene rings is 1. The van der Waals surface area contributed by atoms with Gasteiger partial charge >= 0.3 is 0 Å². The van der Waals surface area contributed by atoms with Crippen LogP contribution in [0.1, 0.15) is 21.6 Å². The second kappa shape index (κ2) is 5.95. The molecule has 1 aliphatic carbocycles. The van der Waals surface area contributed by atoms with Crippen molar-refractivity contribution in [2.75, 3.05) is 31.1 Å². The van der Waals surface area contributed by atoms with Gasteiger partial charge in [0, 0.05) is 48.7 Å². The van der Waals surface area contributed by atoms with Crippen molar-refractivity contribution in [3.8, 4) is 0 Å². The first-order chi connectivity index (χ1) is 11.2. The molecule has 2 aliphatic rings. The summed E-state index contributed by atoms with van der Waals surface area (Å²) in [6.07, 6.45) is 2.58. The third-order valence-corrected chi connectivity index (χ3v) is 5.64. The van der Waals surface area contributed by atoms with E-state index in [2.05, 4.69) is 52.9 Å². The van der Waals surface area contributed by atoms with E-state index in [4.69, 9.17) is 0 Å². The molecule has 2 aromatic rings. The fourth-order valence-corrected chi connectivity index (χ4v) is 4.23. The Bertz CT molecular complexity index is 784. The van der Waals surface area contributed by atoms with Gasteiger partial charge < -0.3 is 10.2 Å². The molecule has 1 fully saturated rings. The summed E-state index contributed by atoms with van der Waals surface area (Å²) < 4.78 is 0. The number of thiophene rings is 1. The molecule has 0 atom stereocenters. The van der Waals surface area contributed by atoms with E-state index < -0.39 is 0 Å². The maximum Gasteiger partial charge on any atom is 0.168 e. The quantitative estimate of drug-likeness (QED) is 0.921. The Balaban J connectivity index is 1.67. The third kappa shape index (κ3) is 2.84. The monoisotopic (exact) mass is 324 g/mol. The van der Waals surface area contributed by atoms with Gasteiger partial charge in [0.2, 0.25) is 0 Å². The summed E-state index contributed by atoms with van der Waals surface area (Å²) in [5.74, 6) is 0.233. The lowest BCUT2D eigenvalue weighted by molar-refractivity contribution is -0.113. The minimum absolute atomic E-state index is 0.233. The van der Waals surface area contributed by atoms with Gasteiger partial charge in [-0.2, -0.15) is 0 Å². The number of nitrogens with zero attached hydrogens (tertiary/aromatic N) is 1. The lowest BCUT2D eigenvalue weighted by Crippen LogP contribution is -2.43. The highest BCUT2D eigenvalue weighted by molar-refractivity contribution is 7.11. The molecule has 2 heterocycles. The molecule has 0 saturated carbocycles. The fraction of sp³-hybridized carbons (Fsp3) is 0.316. The summed E-state index contributed by atoms with van der Waals surface area (Å²) in [6, 6.07) is 8.66. The number of carbonyl (C=O) groups excluding carboxylic acids is 1. The zero-order chi connectivity index (χ0) is 15.8. The van der Waals surface area contributed by atoms with E-state index >= 15 is 0 Å². The molecule has 118 valence electrons. The molecule has 0 unspecified atom stereocenters. The van der Waals surface area contributed by atoms with Gasteiger partial charge in [-0.3, -0.25) is 4.79 Å². The van der Waals surface area contributed by atoms with Crippen LogP contribution in [0.4, 0.5) is 5.69 Å². The topological polar surface area (TPSA) is 32.3 Å². The number of hydrogen-bond acceptors (Lipinski definition) is 4. The number of rotatable bonds is 2. The highest BCUT2D eigenvalue weighted by atomic mass is 32.1. The van der Waals surface area contributed by atoms with Crippen LogP contribution in [-0.2, 0) is 11.2 Å². The van der Waals surface area contributed by atoms with Crippen molar-refractivity contribution in [2.45, 2.75) is 13.3 Å². The van der Waals surface area contributed by atoms with Gasteiger partial charge in [0.15, 0.2) is 5.78 Å². The van der Waals surface area contributed by atoms with Crippen LogP contribution in [0.25, 0.3) is 11.6 Å². The summed E-state index contributed by atoms with van der Waals surface area (Å²) in [5, 5.41) is 5.48. The number of nitrogens with one attached hydrogen (secondary N) is 1. The number of carbonyl (C=O) groups is 1. The van der Waals surface area contributed by atoms with Crippen LogP contribution < -0.4 is 10.2 Å². The number of aryl methyl sites for hydroxylation is 1. The molecule has 23 heavy (non-hydrogen) atoms. The Hall–Kier alpha value is -1.91. The molecule has 3 nitrogen and oxygen atoms in total. The summed E-state index contributed by atoms with van der Waals surface area (Å²) >= 11 is 1.66. The number of anilines is 1. The smallest absolute Gasteiger partial charge is 0.168 e. The lowest BCUT2D eigenvalue weighted by Gasteiger charge is -2.30. The maximum atomic E-state index is 12.6. The van der Waals surface area contributed by atoms with Crippen LogP contribution >= 0.6 is 11.3 Å². The van der Waals surface area contributed by atoms with E-state index in [9.17, 15) is 4.79 Å². The first-order valence-corrected chi connectivity index (χ1v) is 8.98. The van der Waals surface area contributed by atoms with Gasteiger partial charge in [-0.1, -0.05) is 6.07 Å². The van der Waals surface area contributed by atoms with Gasteiger partial charge in [0.05, 0.1) is 0 Å². The summed E-state index contributed by atoms with van der Waals surface area (Å²) in [6.45, 7) is 6.18. The molecular weight excluding hydrogens is 304 g/mol. The van der Waals surface area contributed by atoms with Crippen LogP contribution in [0.5, 0.6) is 0 Å². The van der Waals surface area contributed by atoms with Gasteiger partial charge in [-0.15, -0.1) is 11.3 Å². The van der Waals surface area contributed by atoms with Crippen LogP contribution in [0, 0.1) is 6.92 Å². The second-order valence-corrected chi connectivity index (χ2v) is 7.18. The Morgan fingerprint density at radius 2 is 2.00 bits per heavy atom. The molecule has 0 radical (unpaired) electrons. The molecule has 0 bridgehead atoms. The molecule has 1 aliphatic heterocycles. The first-order valence-electron chi connectivity index (χ1n) is 8.10.